The van der Waals surface area contributed by atoms with E-state index in [1.54, 1.807) is 14.2 Å². The molecule has 1 aromatic carbocycles. The summed E-state index contributed by atoms with van der Waals surface area (Å²) in [5.74, 6) is 2.28. The zero-order valence-electron chi connectivity index (χ0n) is 13.9. The van der Waals surface area contributed by atoms with Gasteiger partial charge < -0.3 is 20.1 Å². The Morgan fingerprint density at radius 3 is 2.48 bits per heavy atom. The van der Waals surface area contributed by atoms with Crippen LogP contribution in [0.15, 0.2) is 23.2 Å². The number of rotatable bonds is 5. The average molecular weight is 293 g/mol. The van der Waals surface area contributed by atoms with Crippen molar-refractivity contribution in [3.63, 3.8) is 0 Å². The molecule has 0 atom stereocenters. The minimum absolute atomic E-state index is 0.0294. The Morgan fingerprint density at radius 1 is 1.24 bits per heavy atom. The predicted octanol–water partition coefficient (Wildman–Crippen LogP) is 2.56. The van der Waals surface area contributed by atoms with Gasteiger partial charge in [0.1, 0.15) is 0 Å². The number of methoxy groups -OCH3 is 1. The topological polar surface area (TPSA) is 54.9 Å². The van der Waals surface area contributed by atoms with Gasteiger partial charge in [-0.2, -0.15) is 0 Å². The normalized spacial score (nSPS) is 12.0. The summed E-state index contributed by atoms with van der Waals surface area (Å²) in [6.45, 7) is 9.53. The number of nitrogens with one attached hydrogen (secondary N) is 2. The second-order valence-electron chi connectivity index (χ2n) is 5.72. The highest BCUT2D eigenvalue weighted by atomic mass is 16.5. The Labute approximate surface area is 127 Å². The maximum Gasteiger partial charge on any atom is 0.191 e. The van der Waals surface area contributed by atoms with Crippen LogP contribution in [0.3, 0.4) is 0 Å². The summed E-state index contributed by atoms with van der Waals surface area (Å²) in [4.78, 5) is 4.22. The first-order valence-corrected chi connectivity index (χ1v) is 7.18. The van der Waals surface area contributed by atoms with Crippen molar-refractivity contribution in [3.8, 4) is 11.5 Å². The molecule has 0 unspecified atom stereocenters. The first kappa shape index (κ1) is 17.1. The van der Waals surface area contributed by atoms with Crippen molar-refractivity contribution in [2.75, 3.05) is 20.8 Å². The van der Waals surface area contributed by atoms with E-state index >= 15 is 0 Å². The molecule has 0 amide bonds. The van der Waals surface area contributed by atoms with E-state index in [4.69, 9.17) is 9.47 Å². The summed E-state index contributed by atoms with van der Waals surface area (Å²) in [6, 6.07) is 5.92. The Balaban J connectivity index is 2.71. The lowest BCUT2D eigenvalue weighted by Gasteiger charge is -2.23. The van der Waals surface area contributed by atoms with E-state index in [-0.39, 0.29) is 5.54 Å². The minimum atomic E-state index is -0.0294. The number of hydrogen-bond acceptors (Lipinski definition) is 3. The molecule has 0 radical (unpaired) electrons. The molecule has 5 nitrogen and oxygen atoms in total. The highest BCUT2D eigenvalue weighted by Crippen LogP contribution is 2.27. The van der Waals surface area contributed by atoms with Crippen LogP contribution >= 0.6 is 0 Å². The molecule has 5 heteroatoms. The number of nitrogens with zero attached hydrogens (tertiary/aromatic N) is 1. The third kappa shape index (κ3) is 5.94. The Bertz CT molecular complexity index is 479. The SMILES string of the molecule is CCOc1ccc(CNC(=NC)NC(C)(C)C)cc1OC. The molecule has 0 heterocycles. The van der Waals surface area contributed by atoms with Gasteiger partial charge in [-0.15, -0.1) is 0 Å². The quantitative estimate of drug-likeness (QED) is 0.647. The lowest BCUT2D eigenvalue weighted by Crippen LogP contribution is -2.47. The zero-order valence-corrected chi connectivity index (χ0v) is 13.9. The van der Waals surface area contributed by atoms with Gasteiger partial charge in [0.05, 0.1) is 13.7 Å². The number of benzene rings is 1. The van der Waals surface area contributed by atoms with Crippen molar-refractivity contribution in [2.24, 2.45) is 4.99 Å². The Morgan fingerprint density at radius 2 is 1.95 bits per heavy atom. The zero-order chi connectivity index (χ0) is 15.9. The van der Waals surface area contributed by atoms with Crippen LogP contribution in [0.5, 0.6) is 11.5 Å². The molecule has 0 aliphatic heterocycles. The van der Waals surface area contributed by atoms with E-state index in [0.29, 0.717) is 13.2 Å². The van der Waals surface area contributed by atoms with Crippen molar-refractivity contribution < 1.29 is 9.47 Å². The van der Waals surface area contributed by atoms with Crippen LogP contribution in [0.4, 0.5) is 0 Å². The third-order valence-electron chi connectivity index (χ3n) is 2.70. The molecule has 1 rings (SSSR count). The van der Waals surface area contributed by atoms with Gasteiger partial charge in [0.25, 0.3) is 0 Å². The Kier molecular flexibility index (Phi) is 6.34. The highest BCUT2D eigenvalue weighted by Gasteiger charge is 2.12. The van der Waals surface area contributed by atoms with Gasteiger partial charge in [-0.05, 0) is 45.4 Å². The number of hydrogen-bond donors (Lipinski definition) is 2. The fourth-order valence-electron chi connectivity index (χ4n) is 1.82. The van der Waals surface area contributed by atoms with Crippen molar-refractivity contribution in [2.45, 2.75) is 39.8 Å². The molecule has 1 aromatic rings. The maximum atomic E-state index is 5.51. The van der Waals surface area contributed by atoms with Crippen LogP contribution < -0.4 is 20.1 Å². The molecule has 0 bridgehead atoms. The molecule has 0 fully saturated rings. The largest absolute Gasteiger partial charge is 0.493 e. The molecule has 21 heavy (non-hydrogen) atoms. The second kappa shape index (κ2) is 7.76. The van der Waals surface area contributed by atoms with E-state index in [9.17, 15) is 0 Å². The molecular weight excluding hydrogens is 266 g/mol. The summed E-state index contributed by atoms with van der Waals surface area (Å²) in [5, 5.41) is 6.61. The minimum Gasteiger partial charge on any atom is -0.493 e. The van der Waals surface area contributed by atoms with Gasteiger partial charge in [-0.25, -0.2) is 0 Å². The van der Waals surface area contributed by atoms with E-state index in [0.717, 1.165) is 23.0 Å². The maximum absolute atomic E-state index is 5.51. The molecule has 0 saturated heterocycles. The average Bonchev–Trinajstić information content (AvgIpc) is 2.43. The van der Waals surface area contributed by atoms with Crippen LogP contribution in [0.1, 0.15) is 33.3 Å². The first-order valence-electron chi connectivity index (χ1n) is 7.18. The highest BCUT2D eigenvalue weighted by molar-refractivity contribution is 5.80. The number of ether oxygens (including phenoxy) is 2. The Hall–Kier alpha value is -1.91. The number of guanidine groups is 1. The standard InChI is InChI=1S/C16H27N3O2/c1-7-21-13-9-8-12(10-14(13)20-6)11-18-15(17-5)19-16(2,3)4/h8-10H,7,11H2,1-6H3,(H2,17,18,19). The van der Waals surface area contributed by atoms with Crippen LogP contribution in [-0.2, 0) is 6.54 Å². The van der Waals surface area contributed by atoms with Gasteiger partial charge in [-0.1, -0.05) is 6.07 Å². The van der Waals surface area contributed by atoms with Gasteiger partial charge in [0.2, 0.25) is 0 Å². The van der Waals surface area contributed by atoms with Crippen LogP contribution in [0.25, 0.3) is 0 Å². The van der Waals surface area contributed by atoms with Gasteiger partial charge in [0.15, 0.2) is 17.5 Å². The fourth-order valence-corrected chi connectivity index (χ4v) is 1.82. The summed E-state index contributed by atoms with van der Waals surface area (Å²) < 4.78 is 10.9. The van der Waals surface area contributed by atoms with E-state index < -0.39 is 0 Å². The molecule has 0 aliphatic rings. The van der Waals surface area contributed by atoms with Gasteiger partial charge in [-0.3, -0.25) is 4.99 Å². The van der Waals surface area contributed by atoms with E-state index in [1.165, 1.54) is 0 Å². The first-order chi connectivity index (χ1) is 9.89. The smallest absolute Gasteiger partial charge is 0.191 e. The monoisotopic (exact) mass is 293 g/mol. The third-order valence-corrected chi connectivity index (χ3v) is 2.70. The summed E-state index contributed by atoms with van der Waals surface area (Å²) in [7, 11) is 3.41. The lowest BCUT2D eigenvalue weighted by molar-refractivity contribution is 0.310. The van der Waals surface area contributed by atoms with E-state index in [1.807, 2.05) is 25.1 Å². The summed E-state index contributed by atoms with van der Waals surface area (Å²) >= 11 is 0. The molecule has 2 N–H and O–H groups in total. The van der Waals surface area contributed by atoms with Gasteiger partial charge in [0, 0.05) is 19.1 Å². The summed E-state index contributed by atoms with van der Waals surface area (Å²) in [6.07, 6.45) is 0. The second-order valence-corrected chi connectivity index (χ2v) is 5.72. The fraction of sp³-hybridized carbons (Fsp3) is 0.562. The van der Waals surface area contributed by atoms with Crippen molar-refractivity contribution in [1.82, 2.24) is 10.6 Å². The molecule has 0 aromatic heterocycles. The van der Waals surface area contributed by atoms with Crippen molar-refractivity contribution in [1.29, 1.82) is 0 Å². The van der Waals surface area contributed by atoms with Crippen molar-refractivity contribution in [3.05, 3.63) is 23.8 Å². The number of aliphatic imine (C=N–C) groups is 1. The van der Waals surface area contributed by atoms with Crippen LogP contribution in [0.2, 0.25) is 0 Å². The summed E-state index contributed by atoms with van der Waals surface area (Å²) in [5.41, 5.74) is 1.07. The van der Waals surface area contributed by atoms with Crippen LogP contribution in [-0.4, -0.2) is 32.3 Å². The molecule has 0 spiro atoms. The lowest BCUT2D eigenvalue weighted by atomic mass is 10.1. The predicted molar refractivity (Wildman–Crippen MR) is 87.3 cm³/mol. The molecule has 0 aliphatic carbocycles. The molecule has 0 saturated carbocycles. The molecule has 118 valence electrons. The van der Waals surface area contributed by atoms with Crippen LogP contribution in [0, 0.1) is 0 Å². The molecular formula is C16H27N3O2. The van der Waals surface area contributed by atoms with Gasteiger partial charge >= 0.3 is 0 Å². The van der Waals surface area contributed by atoms with Crippen molar-refractivity contribution >= 4 is 5.96 Å². The van der Waals surface area contributed by atoms with E-state index in [2.05, 4.69) is 36.4 Å².